The first-order valence-corrected chi connectivity index (χ1v) is 7.87. The van der Waals surface area contributed by atoms with Crippen LogP contribution in [0.3, 0.4) is 0 Å². The van der Waals surface area contributed by atoms with Crippen molar-refractivity contribution in [2.24, 2.45) is 16.6 Å². The van der Waals surface area contributed by atoms with E-state index in [1.807, 2.05) is 6.92 Å². The van der Waals surface area contributed by atoms with E-state index >= 15 is 0 Å². The molecule has 1 aromatic carbocycles. The van der Waals surface area contributed by atoms with Crippen molar-refractivity contribution >= 4 is 0 Å². The molecule has 1 aliphatic carbocycles. The van der Waals surface area contributed by atoms with Gasteiger partial charge < -0.3 is 10.8 Å². The van der Waals surface area contributed by atoms with Gasteiger partial charge in [-0.25, -0.2) is 4.39 Å². The monoisotopic (exact) mass is 293 g/mol. The Kier molecular flexibility index (Phi) is 4.46. The SMILES string of the molecule is CC1(C)CCC(CN)(C(C)(O)Cc2ccc(F)cc2)CC1. The summed E-state index contributed by atoms with van der Waals surface area (Å²) in [6.45, 7) is 6.95. The van der Waals surface area contributed by atoms with Gasteiger partial charge in [0.2, 0.25) is 0 Å². The maximum absolute atomic E-state index is 13.0. The molecule has 0 amide bonds. The molecule has 21 heavy (non-hydrogen) atoms. The van der Waals surface area contributed by atoms with E-state index in [0.29, 0.717) is 18.4 Å². The van der Waals surface area contributed by atoms with E-state index < -0.39 is 5.60 Å². The Morgan fingerprint density at radius 1 is 1.14 bits per heavy atom. The molecular formula is C18H28FNO. The summed E-state index contributed by atoms with van der Waals surface area (Å²) in [4.78, 5) is 0. The van der Waals surface area contributed by atoms with Crippen molar-refractivity contribution in [3.63, 3.8) is 0 Å². The third kappa shape index (κ3) is 3.46. The second kappa shape index (κ2) is 5.69. The second-order valence-corrected chi connectivity index (χ2v) is 7.73. The molecule has 1 atom stereocenters. The zero-order valence-electron chi connectivity index (χ0n) is 13.5. The summed E-state index contributed by atoms with van der Waals surface area (Å²) in [6, 6.07) is 6.40. The van der Waals surface area contributed by atoms with Gasteiger partial charge in [-0.15, -0.1) is 0 Å². The smallest absolute Gasteiger partial charge is 0.123 e. The number of hydrogen-bond donors (Lipinski definition) is 2. The molecular weight excluding hydrogens is 265 g/mol. The lowest BCUT2D eigenvalue weighted by Crippen LogP contribution is -2.54. The summed E-state index contributed by atoms with van der Waals surface area (Å²) in [5.41, 5.74) is 6.26. The van der Waals surface area contributed by atoms with E-state index in [1.54, 1.807) is 12.1 Å². The average molecular weight is 293 g/mol. The molecule has 0 bridgehead atoms. The van der Waals surface area contributed by atoms with Crippen molar-refractivity contribution in [1.29, 1.82) is 0 Å². The molecule has 2 nitrogen and oxygen atoms in total. The Hall–Kier alpha value is -0.930. The van der Waals surface area contributed by atoms with Crippen LogP contribution in [0.2, 0.25) is 0 Å². The van der Waals surface area contributed by atoms with Crippen molar-refractivity contribution in [1.82, 2.24) is 0 Å². The molecule has 0 saturated heterocycles. The van der Waals surface area contributed by atoms with E-state index in [2.05, 4.69) is 13.8 Å². The number of rotatable bonds is 4. The normalized spacial score (nSPS) is 23.5. The van der Waals surface area contributed by atoms with Gasteiger partial charge in [-0.3, -0.25) is 0 Å². The predicted octanol–water partition coefficient (Wildman–Crippen LogP) is 3.66. The third-order valence-electron chi connectivity index (χ3n) is 5.56. The third-order valence-corrected chi connectivity index (χ3v) is 5.56. The van der Waals surface area contributed by atoms with Crippen LogP contribution in [0.25, 0.3) is 0 Å². The maximum atomic E-state index is 13.0. The molecule has 3 heteroatoms. The highest BCUT2D eigenvalue weighted by Gasteiger charge is 2.49. The molecule has 1 aliphatic rings. The zero-order chi connectivity index (χ0) is 15.7. The minimum atomic E-state index is -0.865. The van der Waals surface area contributed by atoms with Gasteiger partial charge in [0.25, 0.3) is 0 Å². The van der Waals surface area contributed by atoms with Gasteiger partial charge >= 0.3 is 0 Å². The van der Waals surface area contributed by atoms with Gasteiger partial charge in [-0.05, 0) is 55.7 Å². The van der Waals surface area contributed by atoms with E-state index in [4.69, 9.17) is 5.73 Å². The van der Waals surface area contributed by atoms with Gasteiger partial charge in [0.05, 0.1) is 5.60 Å². The number of halogens is 1. The van der Waals surface area contributed by atoms with Crippen LogP contribution < -0.4 is 5.73 Å². The van der Waals surface area contributed by atoms with Gasteiger partial charge in [0, 0.05) is 18.4 Å². The Bertz CT molecular complexity index is 468. The van der Waals surface area contributed by atoms with Crippen molar-refractivity contribution in [3.05, 3.63) is 35.6 Å². The van der Waals surface area contributed by atoms with Crippen LogP contribution in [-0.4, -0.2) is 17.3 Å². The van der Waals surface area contributed by atoms with E-state index in [-0.39, 0.29) is 11.2 Å². The van der Waals surface area contributed by atoms with E-state index in [9.17, 15) is 9.50 Å². The molecule has 1 unspecified atom stereocenters. The zero-order valence-corrected chi connectivity index (χ0v) is 13.5. The Morgan fingerprint density at radius 2 is 1.67 bits per heavy atom. The first-order valence-electron chi connectivity index (χ1n) is 7.87. The second-order valence-electron chi connectivity index (χ2n) is 7.73. The molecule has 1 aromatic rings. The topological polar surface area (TPSA) is 46.2 Å². The molecule has 1 saturated carbocycles. The Morgan fingerprint density at radius 3 is 2.14 bits per heavy atom. The fraction of sp³-hybridized carbons (Fsp3) is 0.667. The van der Waals surface area contributed by atoms with Crippen LogP contribution in [0, 0.1) is 16.6 Å². The highest BCUT2D eigenvalue weighted by Crippen LogP contribution is 2.50. The molecule has 0 aromatic heterocycles. The van der Waals surface area contributed by atoms with Crippen LogP contribution >= 0.6 is 0 Å². The summed E-state index contributed by atoms with van der Waals surface area (Å²) in [5, 5.41) is 11.1. The van der Waals surface area contributed by atoms with Gasteiger partial charge in [-0.1, -0.05) is 26.0 Å². The Labute approximate surface area is 127 Å². The lowest BCUT2D eigenvalue weighted by atomic mass is 9.57. The fourth-order valence-electron chi connectivity index (χ4n) is 3.56. The number of nitrogens with two attached hydrogens (primary N) is 1. The van der Waals surface area contributed by atoms with Gasteiger partial charge in [-0.2, -0.15) is 0 Å². The minimum Gasteiger partial charge on any atom is -0.389 e. The lowest BCUT2D eigenvalue weighted by molar-refractivity contribution is -0.0985. The van der Waals surface area contributed by atoms with Gasteiger partial charge in [0.1, 0.15) is 5.82 Å². The Balaban J connectivity index is 2.17. The highest BCUT2D eigenvalue weighted by atomic mass is 19.1. The molecule has 0 aliphatic heterocycles. The average Bonchev–Trinajstić information content (AvgIpc) is 2.41. The highest BCUT2D eigenvalue weighted by molar-refractivity contribution is 5.19. The number of aliphatic hydroxyl groups is 1. The van der Waals surface area contributed by atoms with Crippen LogP contribution in [0.4, 0.5) is 4.39 Å². The van der Waals surface area contributed by atoms with E-state index in [1.165, 1.54) is 12.1 Å². The number of benzene rings is 1. The quantitative estimate of drug-likeness (QED) is 0.890. The van der Waals surface area contributed by atoms with Crippen molar-refractivity contribution in [3.8, 4) is 0 Å². The molecule has 118 valence electrons. The predicted molar refractivity (Wildman–Crippen MR) is 84.5 cm³/mol. The van der Waals surface area contributed by atoms with Crippen molar-refractivity contribution < 1.29 is 9.50 Å². The lowest BCUT2D eigenvalue weighted by Gasteiger charge is -2.51. The first kappa shape index (κ1) is 16.4. The minimum absolute atomic E-state index is 0.239. The van der Waals surface area contributed by atoms with Crippen LogP contribution in [0.1, 0.15) is 52.0 Å². The molecule has 0 radical (unpaired) electrons. The van der Waals surface area contributed by atoms with Crippen LogP contribution in [0.5, 0.6) is 0 Å². The molecule has 1 fully saturated rings. The number of hydrogen-bond acceptors (Lipinski definition) is 2. The first-order chi connectivity index (χ1) is 9.70. The van der Waals surface area contributed by atoms with Crippen molar-refractivity contribution in [2.45, 2.75) is 58.5 Å². The molecule has 0 spiro atoms. The largest absolute Gasteiger partial charge is 0.389 e. The summed E-state index contributed by atoms with van der Waals surface area (Å²) in [5.74, 6) is -0.244. The van der Waals surface area contributed by atoms with Crippen LogP contribution in [-0.2, 0) is 6.42 Å². The van der Waals surface area contributed by atoms with Gasteiger partial charge in [0.15, 0.2) is 0 Å². The summed E-state index contributed by atoms with van der Waals surface area (Å²) in [6.07, 6.45) is 4.59. The van der Waals surface area contributed by atoms with E-state index in [0.717, 1.165) is 31.2 Å². The van der Waals surface area contributed by atoms with Crippen molar-refractivity contribution in [2.75, 3.05) is 6.54 Å². The molecule has 2 rings (SSSR count). The van der Waals surface area contributed by atoms with Crippen LogP contribution in [0.15, 0.2) is 24.3 Å². The standard InChI is InChI=1S/C18H28FNO/c1-16(2)8-10-18(13-20,11-9-16)17(3,21)12-14-4-6-15(19)7-5-14/h4-7,21H,8-13,20H2,1-3H3. The summed E-state index contributed by atoms with van der Waals surface area (Å²) in [7, 11) is 0. The molecule has 3 N–H and O–H groups in total. The maximum Gasteiger partial charge on any atom is 0.123 e. The summed E-state index contributed by atoms with van der Waals surface area (Å²) >= 11 is 0. The molecule has 0 heterocycles. The summed E-state index contributed by atoms with van der Waals surface area (Å²) < 4.78 is 13.0. The fourth-order valence-corrected chi connectivity index (χ4v) is 3.56.